The number of aryl methyl sites for hydroxylation is 1. The van der Waals surface area contributed by atoms with E-state index in [4.69, 9.17) is 0 Å². The number of hydrogen-bond acceptors (Lipinski definition) is 3. The van der Waals surface area contributed by atoms with Gasteiger partial charge in [0.1, 0.15) is 5.75 Å². The highest BCUT2D eigenvalue weighted by Gasteiger charge is 2.27. The smallest absolute Gasteiger partial charge is 0.257 e. The van der Waals surface area contributed by atoms with E-state index in [1.54, 1.807) is 11.3 Å². The van der Waals surface area contributed by atoms with Crippen LogP contribution in [0.3, 0.4) is 0 Å². The first kappa shape index (κ1) is 15.7. The van der Waals surface area contributed by atoms with Crippen LogP contribution in [0.25, 0.3) is 0 Å². The molecule has 2 aromatic rings. The van der Waals surface area contributed by atoms with E-state index in [0.717, 1.165) is 50.8 Å². The summed E-state index contributed by atoms with van der Waals surface area (Å²) in [5, 5.41) is 14.9. The van der Waals surface area contributed by atoms with Gasteiger partial charge >= 0.3 is 0 Å². The predicted octanol–water partition coefficient (Wildman–Crippen LogP) is 4.35. The quantitative estimate of drug-likeness (QED) is 0.882. The van der Waals surface area contributed by atoms with E-state index in [-0.39, 0.29) is 11.7 Å². The molecule has 24 heavy (non-hydrogen) atoms. The van der Waals surface area contributed by atoms with Gasteiger partial charge in [0, 0.05) is 13.1 Å². The van der Waals surface area contributed by atoms with Crippen LogP contribution in [-0.4, -0.2) is 29.0 Å². The van der Waals surface area contributed by atoms with Crippen molar-refractivity contribution in [2.24, 2.45) is 0 Å². The van der Waals surface area contributed by atoms with Gasteiger partial charge in [-0.05, 0) is 84.0 Å². The summed E-state index contributed by atoms with van der Waals surface area (Å²) < 4.78 is 0. The molecule has 3 nitrogen and oxygen atoms in total. The fraction of sp³-hybridized carbons (Fsp3) is 0.450. The maximum absolute atomic E-state index is 12.9. The zero-order chi connectivity index (χ0) is 16.5. The summed E-state index contributed by atoms with van der Waals surface area (Å²) in [6, 6.07) is 6.06. The lowest BCUT2D eigenvalue weighted by atomic mass is 9.88. The molecule has 126 valence electrons. The summed E-state index contributed by atoms with van der Waals surface area (Å²) in [5.74, 6) is 0.791. The minimum absolute atomic E-state index is 0.00959. The van der Waals surface area contributed by atoms with E-state index in [0.29, 0.717) is 11.5 Å². The van der Waals surface area contributed by atoms with Crippen LogP contribution in [0.1, 0.15) is 58.6 Å². The van der Waals surface area contributed by atoms with Crippen molar-refractivity contribution in [2.45, 2.75) is 44.4 Å². The Balaban J connectivity index is 1.49. The molecule has 1 amide bonds. The van der Waals surface area contributed by atoms with Crippen molar-refractivity contribution >= 4 is 17.2 Å². The molecule has 0 bridgehead atoms. The number of thiophene rings is 1. The Morgan fingerprint density at radius 3 is 2.67 bits per heavy atom. The maximum Gasteiger partial charge on any atom is 0.257 e. The monoisotopic (exact) mass is 341 g/mol. The summed E-state index contributed by atoms with van der Waals surface area (Å²) in [7, 11) is 0. The Kier molecular flexibility index (Phi) is 4.31. The van der Waals surface area contributed by atoms with Crippen LogP contribution in [0.5, 0.6) is 5.75 Å². The Labute approximate surface area is 146 Å². The number of amides is 1. The number of aromatic hydroxyl groups is 1. The van der Waals surface area contributed by atoms with Crippen molar-refractivity contribution in [1.29, 1.82) is 0 Å². The third-order valence-corrected chi connectivity index (χ3v) is 6.23. The van der Waals surface area contributed by atoms with Gasteiger partial charge in [-0.25, -0.2) is 0 Å². The molecule has 1 N–H and O–H groups in total. The molecular weight excluding hydrogens is 318 g/mol. The summed E-state index contributed by atoms with van der Waals surface area (Å²) in [5.41, 5.74) is 4.11. The molecule has 0 saturated carbocycles. The summed E-state index contributed by atoms with van der Waals surface area (Å²) in [6.07, 6.45) is 6.20. The first-order valence-electron chi connectivity index (χ1n) is 8.89. The van der Waals surface area contributed by atoms with Gasteiger partial charge in [-0.3, -0.25) is 4.79 Å². The molecule has 2 heterocycles. The minimum atomic E-state index is -0.00959. The summed E-state index contributed by atoms with van der Waals surface area (Å²) in [4.78, 5) is 14.8. The van der Waals surface area contributed by atoms with Crippen LogP contribution in [0.15, 0.2) is 29.0 Å². The second-order valence-corrected chi connectivity index (χ2v) is 7.71. The molecule has 0 atom stereocenters. The number of likely N-dealkylation sites (tertiary alicyclic amines) is 1. The van der Waals surface area contributed by atoms with Gasteiger partial charge in [-0.1, -0.05) is 6.07 Å². The molecule has 1 saturated heterocycles. The molecule has 1 aromatic heterocycles. The average molecular weight is 341 g/mol. The number of fused-ring (bicyclic) bond motifs is 1. The second kappa shape index (κ2) is 6.60. The second-order valence-electron chi connectivity index (χ2n) is 6.93. The first-order chi connectivity index (χ1) is 11.7. The number of carbonyl (C=O) groups excluding carboxylic acids is 1. The zero-order valence-electron chi connectivity index (χ0n) is 13.8. The van der Waals surface area contributed by atoms with Gasteiger partial charge in [0.25, 0.3) is 5.91 Å². The van der Waals surface area contributed by atoms with Crippen molar-refractivity contribution in [1.82, 2.24) is 4.90 Å². The number of piperidine rings is 1. The van der Waals surface area contributed by atoms with Crippen molar-refractivity contribution < 1.29 is 9.90 Å². The Bertz CT molecular complexity index is 730. The van der Waals surface area contributed by atoms with Gasteiger partial charge in [0.05, 0.1) is 5.56 Å². The molecule has 1 aromatic carbocycles. The molecule has 1 fully saturated rings. The number of benzene rings is 1. The van der Waals surface area contributed by atoms with E-state index in [2.05, 4.69) is 16.8 Å². The van der Waals surface area contributed by atoms with E-state index in [1.807, 2.05) is 17.0 Å². The number of phenols is 1. The number of hydrogen-bond donors (Lipinski definition) is 1. The SMILES string of the molecule is O=C(c1ccc2c(c1O)CCCC2)N1CCC(c2ccsc2)CC1. The highest BCUT2D eigenvalue weighted by Crippen LogP contribution is 2.34. The molecule has 0 unspecified atom stereocenters. The van der Waals surface area contributed by atoms with Gasteiger partial charge in [0.2, 0.25) is 0 Å². The number of nitrogens with zero attached hydrogens (tertiary/aromatic N) is 1. The molecule has 0 radical (unpaired) electrons. The molecule has 0 spiro atoms. The fourth-order valence-electron chi connectivity index (χ4n) is 4.07. The number of phenolic OH excluding ortho intramolecular Hbond substituents is 1. The van der Waals surface area contributed by atoms with Crippen LogP contribution in [-0.2, 0) is 12.8 Å². The van der Waals surface area contributed by atoms with Crippen molar-refractivity contribution in [3.8, 4) is 5.75 Å². The van der Waals surface area contributed by atoms with Crippen LogP contribution in [0, 0.1) is 0 Å². The van der Waals surface area contributed by atoms with Gasteiger partial charge in [-0.15, -0.1) is 0 Å². The van der Waals surface area contributed by atoms with Gasteiger partial charge in [0.15, 0.2) is 0 Å². The highest BCUT2D eigenvalue weighted by atomic mass is 32.1. The van der Waals surface area contributed by atoms with Crippen molar-refractivity contribution in [3.05, 3.63) is 51.2 Å². The lowest BCUT2D eigenvalue weighted by molar-refractivity contribution is 0.0710. The minimum Gasteiger partial charge on any atom is -0.507 e. The van der Waals surface area contributed by atoms with Crippen LogP contribution in [0.2, 0.25) is 0 Å². The van der Waals surface area contributed by atoms with E-state index < -0.39 is 0 Å². The topological polar surface area (TPSA) is 40.5 Å². The normalized spacial score (nSPS) is 18.4. The Morgan fingerprint density at radius 1 is 1.12 bits per heavy atom. The predicted molar refractivity (Wildman–Crippen MR) is 96.9 cm³/mol. The van der Waals surface area contributed by atoms with E-state index in [1.165, 1.54) is 17.5 Å². The number of carbonyl (C=O) groups is 1. The molecule has 2 aliphatic rings. The fourth-order valence-corrected chi connectivity index (χ4v) is 4.82. The molecular formula is C20H23NO2S. The summed E-state index contributed by atoms with van der Waals surface area (Å²) in [6.45, 7) is 1.55. The molecule has 1 aliphatic carbocycles. The number of rotatable bonds is 2. The molecule has 4 rings (SSSR count). The average Bonchev–Trinajstić information content (AvgIpc) is 3.17. The molecule has 4 heteroatoms. The maximum atomic E-state index is 12.9. The first-order valence-corrected chi connectivity index (χ1v) is 9.83. The van der Waals surface area contributed by atoms with Gasteiger partial charge < -0.3 is 10.0 Å². The molecule has 1 aliphatic heterocycles. The Morgan fingerprint density at radius 2 is 1.92 bits per heavy atom. The largest absolute Gasteiger partial charge is 0.507 e. The van der Waals surface area contributed by atoms with Gasteiger partial charge in [-0.2, -0.15) is 11.3 Å². The van der Waals surface area contributed by atoms with E-state index >= 15 is 0 Å². The van der Waals surface area contributed by atoms with Crippen LogP contribution in [0.4, 0.5) is 0 Å². The Hall–Kier alpha value is -1.81. The lowest BCUT2D eigenvalue weighted by Crippen LogP contribution is -2.38. The third-order valence-electron chi connectivity index (χ3n) is 5.53. The van der Waals surface area contributed by atoms with E-state index in [9.17, 15) is 9.90 Å². The van der Waals surface area contributed by atoms with Crippen LogP contribution < -0.4 is 0 Å². The summed E-state index contributed by atoms with van der Waals surface area (Å²) >= 11 is 1.74. The third kappa shape index (κ3) is 2.84. The standard InChI is InChI=1S/C20H23NO2S/c22-19-17-4-2-1-3-15(17)5-6-18(19)20(23)21-10-7-14(8-11-21)16-9-12-24-13-16/h5-6,9,12-14,22H,1-4,7-8,10-11H2. The lowest BCUT2D eigenvalue weighted by Gasteiger charge is -2.32. The van der Waals surface area contributed by atoms with Crippen molar-refractivity contribution in [3.63, 3.8) is 0 Å². The zero-order valence-corrected chi connectivity index (χ0v) is 14.6. The van der Waals surface area contributed by atoms with Crippen molar-refractivity contribution in [2.75, 3.05) is 13.1 Å². The van der Waals surface area contributed by atoms with Crippen LogP contribution >= 0.6 is 11.3 Å². The highest BCUT2D eigenvalue weighted by molar-refractivity contribution is 7.07.